The predicted molar refractivity (Wildman–Crippen MR) is 158 cm³/mol. The fourth-order valence-electron chi connectivity index (χ4n) is 4.69. The van der Waals surface area contributed by atoms with Crippen molar-refractivity contribution in [2.24, 2.45) is 11.8 Å². The Kier molecular flexibility index (Phi) is 12.3. The first-order valence-corrected chi connectivity index (χ1v) is 14.4. The highest BCUT2D eigenvalue weighted by Crippen LogP contribution is 2.23. The van der Waals surface area contributed by atoms with Crippen LogP contribution in [0.2, 0.25) is 0 Å². The number of hydrogen-bond acceptors (Lipinski definition) is 7. The maximum atomic E-state index is 13.5. The topological polar surface area (TPSA) is 122 Å². The summed E-state index contributed by atoms with van der Waals surface area (Å²) < 4.78 is 11.1. The number of nitrogens with zero attached hydrogens (tertiary/aromatic N) is 1. The van der Waals surface area contributed by atoms with E-state index in [9.17, 15) is 24.3 Å². The van der Waals surface area contributed by atoms with Crippen LogP contribution in [0, 0.1) is 11.8 Å². The number of cyclic esters (lactones) is 1. The van der Waals surface area contributed by atoms with Crippen LogP contribution < -0.4 is 5.32 Å². The predicted octanol–water partition coefficient (Wildman–Crippen LogP) is 4.11. The highest BCUT2D eigenvalue weighted by molar-refractivity contribution is 5.86. The van der Waals surface area contributed by atoms with Gasteiger partial charge in [-0.15, -0.1) is 0 Å². The number of hydrogen-bond donors (Lipinski definition) is 2. The molecule has 0 fully saturated rings. The lowest BCUT2D eigenvalue weighted by Crippen LogP contribution is -2.40. The molecule has 0 saturated heterocycles. The van der Waals surface area contributed by atoms with E-state index >= 15 is 0 Å². The average Bonchev–Trinajstić information content (AvgIpc) is 2.95. The Balaban J connectivity index is 1.82. The van der Waals surface area contributed by atoms with E-state index in [1.807, 2.05) is 60.7 Å². The summed E-state index contributed by atoms with van der Waals surface area (Å²) in [7, 11) is 0. The van der Waals surface area contributed by atoms with Gasteiger partial charge in [-0.05, 0) is 44.7 Å². The van der Waals surface area contributed by atoms with Crippen molar-refractivity contribution in [3.63, 3.8) is 0 Å². The van der Waals surface area contributed by atoms with Gasteiger partial charge in [-0.2, -0.15) is 0 Å². The van der Waals surface area contributed by atoms with Crippen molar-refractivity contribution < 1.29 is 33.8 Å². The molecule has 3 rings (SSSR count). The van der Waals surface area contributed by atoms with E-state index in [2.05, 4.69) is 5.32 Å². The molecular formula is C33H42N2O7. The molecule has 9 heteroatoms. The summed E-state index contributed by atoms with van der Waals surface area (Å²) in [5, 5.41) is 12.6. The van der Waals surface area contributed by atoms with Crippen molar-refractivity contribution in [3.05, 3.63) is 83.9 Å². The Bertz CT molecular complexity index is 1210. The summed E-state index contributed by atoms with van der Waals surface area (Å²) in [6.07, 6.45) is 3.78. The van der Waals surface area contributed by atoms with E-state index in [4.69, 9.17) is 9.47 Å². The van der Waals surface area contributed by atoms with Crippen LogP contribution in [0.25, 0.3) is 0 Å². The molecule has 0 unspecified atom stereocenters. The van der Waals surface area contributed by atoms with E-state index in [1.165, 1.54) is 0 Å². The monoisotopic (exact) mass is 578 g/mol. The van der Waals surface area contributed by atoms with Crippen molar-refractivity contribution >= 4 is 23.8 Å². The molecule has 226 valence electrons. The zero-order chi connectivity index (χ0) is 30.5. The standard InChI is InChI=1S/C33H42N2O7/c1-33(2,3)42-30(38)21-27-17-11-10-16-26(20-29(37)35(18-19-36)22-24-12-6-4-7-13-24)31(39)34-28(23-41-32(27)40)25-14-8-5-9-15-25/h4-15,26-28,36H,16-23H2,1-3H3,(H,34,39)/b11-10-/t26-,27+,28-/m1/s1. The number of carbonyl (C=O) groups is 4. The van der Waals surface area contributed by atoms with Crippen LogP contribution in [0.15, 0.2) is 72.8 Å². The molecule has 9 nitrogen and oxygen atoms in total. The number of amides is 2. The first kappa shape index (κ1) is 32.5. The van der Waals surface area contributed by atoms with Crippen molar-refractivity contribution in [3.8, 4) is 0 Å². The number of ether oxygens (including phenoxy) is 2. The summed E-state index contributed by atoms with van der Waals surface area (Å²) in [6, 6.07) is 18.0. The molecule has 42 heavy (non-hydrogen) atoms. The lowest BCUT2D eigenvalue weighted by atomic mass is 9.95. The fraction of sp³-hybridized carbons (Fsp3) is 0.455. The molecule has 1 heterocycles. The van der Waals surface area contributed by atoms with Crippen LogP contribution in [0.4, 0.5) is 0 Å². The van der Waals surface area contributed by atoms with E-state index in [1.54, 1.807) is 37.8 Å². The summed E-state index contributed by atoms with van der Waals surface area (Å²) in [5.74, 6) is -3.09. The minimum atomic E-state index is -0.756. The van der Waals surface area contributed by atoms with Crippen LogP contribution in [-0.4, -0.2) is 59.1 Å². The number of rotatable bonds is 9. The minimum absolute atomic E-state index is 0.0638. The number of allylic oxidation sites excluding steroid dienone is 2. The van der Waals surface area contributed by atoms with Gasteiger partial charge in [-0.3, -0.25) is 19.2 Å². The van der Waals surface area contributed by atoms with Gasteiger partial charge < -0.3 is 24.8 Å². The van der Waals surface area contributed by atoms with Crippen LogP contribution in [0.3, 0.4) is 0 Å². The largest absolute Gasteiger partial charge is 0.463 e. The molecule has 1 aliphatic heterocycles. The number of aliphatic hydroxyl groups excluding tert-OH is 1. The lowest BCUT2D eigenvalue weighted by Gasteiger charge is -2.27. The molecular weight excluding hydrogens is 536 g/mol. The van der Waals surface area contributed by atoms with Gasteiger partial charge in [-0.25, -0.2) is 0 Å². The molecule has 0 saturated carbocycles. The normalized spacial score (nSPS) is 20.7. The van der Waals surface area contributed by atoms with Gasteiger partial charge in [0.1, 0.15) is 12.2 Å². The van der Waals surface area contributed by atoms with E-state index in [-0.39, 0.29) is 57.3 Å². The molecule has 0 spiro atoms. The first-order valence-electron chi connectivity index (χ1n) is 14.4. The van der Waals surface area contributed by atoms with E-state index in [0.717, 1.165) is 11.1 Å². The van der Waals surface area contributed by atoms with Gasteiger partial charge in [0.25, 0.3) is 0 Å². The number of benzene rings is 2. The molecule has 3 atom stereocenters. The van der Waals surface area contributed by atoms with Gasteiger partial charge >= 0.3 is 11.9 Å². The minimum Gasteiger partial charge on any atom is -0.463 e. The molecule has 2 amide bonds. The van der Waals surface area contributed by atoms with E-state index < -0.39 is 35.4 Å². The van der Waals surface area contributed by atoms with Crippen LogP contribution in [0.1, 0.15) is 63.6 Å². The molecule has 0 aromatic heterocycles. The third-order valence-corrected chi connectivity index (χ3v) is 6.82. The fourth-order valence-corrected chi connectivity index (χ4v) is 4.69. The lowest BCUT2D eigenvalue weighted by molar-refractivity contribution is -0.161. The molecule has 0 radical (unpaired) electrons. The van der Waals surface area contributed by atoms with Gasteiger partial charge in [0.2, 0.25) is 11.8 Å². The van der Waals surface area contributed by atoms with E-state index in [0.29, 0.717) is 6.54 Å². The maximum Gasteiger partial charge on any atom is 0.309 e. The molecule has 2 aromatic rings. The van der Waals surface area contributed by atoms with Crippen molar-refractivity contribution in [2.45, 2.75) is 64.6 Å². The third kappa shape index (κ3) is 10.8. The first-order chi connectivity index (χ1) is 20.1. The number of esters is 2. The van der Waals surface area contributed by atoms with Crippen molar-refractivity contribution in [1.82, 2.24) is 10.2 Å². The molecule has 2 N–H and O–H groups in total. The molecule has 0 bridgehead atoms. The number of carbonyl (C=O) groups excluding carboxylic acids is 4. The summed E-state index contributed by atoms with van der Waals surface area (Å²) in [6.45, 7) is 5.43. The maximum absolute atomic E-state index is 13.5. The van der Waals surface area contributed by atoms with Gasteiger partial charge in [-0.1, -0.05) is 72.8 Å². The average molecular weight is 579 g/mol. The van der Waals surface area contributed by atoms with Crippen molar-refractivity contribution in [2.75, 3.05) is 19.8 Å². The second-order valence-electron chi connectivity index (χ2n) is 11.5. The zero-order valence-electron chi connectivity index (χ0n) is 24.7. The number of aliphatic hydroxyl groups is 1. The Morgan fingerprint density at radius 2 is 1.57 bits per heavy atom. The van der Waals surface area contributed by atoms with Crippen LogP contribution in [0.5, 0.6) is 0 Å². The molecule has 0 aliphatic carbocycles. The third-order valence-electron chi connectivity index (χ3n) is 6.82. The highest BCUT2D eigenvalue weighted by atomic mass is 16.6. The van der Waals surface area contributed by atoms with Crippen LogP contribution >= 0.6 is 0 Å². The Labute approximate surface area is 247 Å². The van der Waals surface area contributed by atoms with Crippen LogP contribution in [-0.2, 0) is 35.2 Å². The van der Waals surface area contributed by atoms with Gasteiger partial charge in [0, 0.05) is 19.5 Å². The Morgan fingerprint density at radius 1 is 0.952 bits per heavy atom. The van der Waals surface area contributed by atoms with Gasteiger partial charge in [0.05, 0.1) is 30.9 Å². The summed E-state index contributed by atoms with van der Waals surface area (Å²) in [4.78, 5) is 54.1. The summed E-state index contributed by atoms with van der Waals surface area (Å²) in [5.41, 5.74) is 0.977. The smallest absolute Gasteiger partial charge is 0.309 e. The second kappa shape index (κ2) is 15.9. The van der Waals surface area contributed by atoms with Gasteiger partial charge in [0.15, 0.2) is 0 Å². The second-order valence-corrected chi connectivity index (χ2v) is 11.5. The number of nitrogens with one attached hydrogen (secondary N) is 1. The zero-order valence-corrected chi connectivity index (χ0v) is 24.7. The van der Waals surface area contributed by atoms with Crippen molar-refractivity contribution in [1.29, 1.82) is 0 Å². The Morgan fingerprint density at radius 3 is 2.19 bits per heavy atom. The summed E-state index contributed by atoms with van der Waals surface area (Å²) >= 11 is 0. The Hall–Kier alpha value is -3.98. The quantitative estimate of drug-likeness (QED) is 0.339. The molecule has 2 aromatic carbocycles. The SMILES string of the molecule is CC(C)(C)OC(=O)C[C@@H]1C/C=C\C[C@H](CC(=O)N(CCO)Cc2ccccc2)C(=O)N[C@@H](c2ccccc2)COC1=O. The molecule has 1 aliphatic rings. The highest BCUT2D eigenvalue weighted by Gasteiger charge is 2.30.